The molecule has 1 fully saturated rings. The van der Waals surface area contributed by atoms with Gasteiger partial charge in [-0.2, -0.15) is 5.26 Å². The summed E-state index contributed by atoms with van der Waals surface area (Å²) in [5.41, 5.74) is 2.46. The van der Waals surface area contributed by atoms with Gasteiger partial charge >= 0.3 is 0 Å². The molecule has 0 aliphatic carbocycles. The van der Waals surface area contributed by atoms with Crippen LogP contribution in [0.1, 0.15) is 81.7 Å². The van der Waals surface area contributed by atoms with Gasteiger partial charge in [0.05, 0.1) is 57.8 Å². The third-order valence-corrected chi connectivity index (χ3v) is 19.6. The molecule has 0 bridgehead atoms. The predicted molar refractivity (Wildman–Crippen MR) is 274 cm³/mol. The summed E-state index contributed by atoms with van der Waals surface area (Å²) in [5, 5.41) is 14.0. The van der Waals surface area contributed by atoms with Gasteiger partial charge in [-0.1, -0.05) is 93.6 Å². The van der Waals surface area contributed by atoms with Crippen LogP contribution in [-0.2, 0) is 24.0 Å². The van der Waals surface area contributed by atoms with Gasteiger partial charge in [-0.15, -0.1) is 0 Å². The largest absolute Gasteiger partial charge is 0.497 e. The summed E-state index contributed by atoms with van der Waals surface area (Å²) in [6, 6.07) is 37.0. The Morgan fingerprint density at radius 1 is 0.857 bits per heavy atom. The summed E-state index contributed by atoms with van der Waals surface area (Å²) in [6.45, 7) is 18.7. The van der Waals surface area contributed by atoms with Crippen LogP contribution in [0, 0.1) is 23.2 Å². The van der Waals surface area contributed by atoms with Crippen LogP contribution in [0.2, 0.25) is 18.1 Å². The first kappa shape index (κ1) is 52.2. The number of fused-ring (bicyclic) bond motifs is 1. The van der Waals surface area contributed by atoms with Crippen LogP contribution in [0.3, 0.4) is 0 Å². The highest BCUT2D eigenvalue weighted by molar-refractivity contribution is 7.43. The minimum Gasteiger partial charge on any atom is -0.497 e. The van der Waals surface area contributed by atoms with Crippen LogP contribution in [0.15, 0.2) is 122 Å². The van der Waals surface area contributed by atoms with Gasteiger partial charge in [0.15, 0.2) is 25.3 Å². The molecular formula is C53H66N7O8PSi. The maximum atomic E-state index is 13.4. The van der Waals surface area contributed by atoms with Gasteiger partial charge in [0.2, 0.25) is 0 Å². The lowest BCUT2D eigenvalue weighted by atomic mass is 9.80. The lowest BCUT2D eigenvalue weighted by molar-refractivity contribution is -0.0922. The molecule has 0 saturated carbocycles. The number of amides is 1. The molecule has 0 radical (unpaired) electrons. The van der Waals surface area contributed by atoms with Crippen molar-refractivity contribution in [3.05, 3.63) is 144 Å². The predicted octanol–water partition coefficient (Wildman–Crippen LogP) is 10.5. The van der Waals surface area contributed by atoms with E-state index in [9.17, 15) is 14.9 Å². The van der Waals surface area contributed by atoms with Gasteiger partial charge < -0.3 is 38.1 Å². The molecule has 4 aromatic carbocycles. The van der Waals surface area contributed by atoms with Gasteiger partial charge in [-0.25, -0.2) is 19.6 Å². The highest BCUT2D eigenvalue weighted by atomic mass is 31.2. The van der Waals surface area contributed by atoms with Crippen LogP contribution in [0.25, 0.3) is 11.2 Å². The van der Waals surface area contributed by atoms with E-state index in [0.29, 0.717) is 28.2 Å². The molecule has 6 atom stereocenters. The Balaban J connectivity index is 1.38. The van der Waals surface area contributed by atoms with Crippen molar-refractivity contribution in [2.45, 2.75) is 103 Å². The van der Waals surface area contributed by atoms with Crippen LogP contribution in [0.5, 0.6) is 11.5 Å². The first-order valence-electron chi connectivity index (χ1n) is 23.6. The number of nitriles is 1. The van der Waals surface area contributed by atoms with Gasteiger partial charge in [0.1, 0.15) is 35.8 Å². The van der Waals surface area contributed by atoms with Crippen molar-refractivity contribution in [3.8, 4) is 17.6 Å². The highest BCUT2D eigenvalue weighted by Crippen LogP contribution is 2.50. The quantitative estimate of drug-likeness (QED) is 0.0420. The molecule has 3 heterocycles. The normalized spacial score (nSPS) is 18.5. The van der Waals surface area contributed by atoms with Crippen LogP contribution >= 0.6 is 8.53 Å². The molecule has 2 aromatic heterocycles. The zero-order valence-electron chi connectivity index (χ0n) is 41.9. The minimum absolute atomic E-state index is 0.0145. The fraction of sp³-hybridized carbons (Fsp3) is 0.415. The number of imidazole rings is 1. The number of hydrogen-bond acceptors (Lipinski definition) is 13. The van der Waals surface area contributed by atoms with Crippen molar-refractivity contribution in [1.29, 1.82) is 5.26 Å². The molecule has 2 N–H and O–H groups in total. The molecule has 17 heteroatoms. The molecule has 370 valence electrons. The van der Waals surface area contributed by atoms with Crippen LogP contribution in [-0.4, -0.2) is 95.0 Å². The van der Waals surface area contributed by atoms with Gasteiger partial charge in [-0.05, 0) is 98.9 Å². The Labute approximate surface area is 414 Å². The Morgan fingerprint density at radius 2 is 1.41 bits per heavy atom. The smallest absolute Gasteiger partial charge is 0.256 e. The molecule has 2 unspecified atom stereocenters. The zero-order chi connectivity index (χ0) is 50.4. The molecule has 15 nitrogen and oxygen atoms in total. The van der Waals surface area contributed by atoms with E-state index in [1.54, 1.807) is 49.4 Å². The number of aromatic nitrogens is 4. The summed E-state index contributed by atoms with van der Waals surface area (Å²) in [4.78, 5) is 38.9. The Kier molecular flexibility index (Phi) is 16.6. The average Bonchev–Trinajstić information content (AvgIpc) is 3.94. The average molecular weight is 988 g/mol. The van der Waals surface area contributed by atoms with Crippen molar-refractivity contribution in [3.63, 3.8) is 0 Å². The third kappa shape index (κ3) is 11.0. The lowest BCUT2D eigenvalue weighted by Crippen LogP contribution is -2.50. The first-order valence-corrected chi connectivity index (χ1v) is 27.7. The van der Waals surface area contributed by atoms with E-state index in [-0.39, 0.29) is 42.1 Å². The van der Waals surface area contributed by atoms with Crippen LogP contribution < -0.4 is 14.8 Å². The summed E-state index contributed by atoms with van der Waals surface area (Å²) in [5.74, 6) is -0.393. The van der Waals surface area contributed by atoms with Crippen molar-refractivity contribution >= 4 is 39.7 Å². The standard InChI is InChI=1S/C53H66N7O8PSi/c1-35(2)60(36(3)4)69(62)66-31-38(30-54)45-47(68-70(10,11)52(5,6)7)44(67-51(45)59-34-57-46-48(55-33-56-49(46)59)58-50(61)37-18-14-12-15-19-37)32-65-53(39-20-16-13-17-21-39,40-22-26-42(63-8)27-23-40)41-24-28-43(64-9)29-25-41/h12-29,33-36,38,44-45,47,51,62H,31-32H2,1-11H3,(H,55,56,58,61)/t38?,44-,45-,47+,51-,69?/m1/s1. The number of methoxy groups -OCH3 is 2. The summed E-state index contributed by atoms with van der Waals surface area (Å²) in [7, 11) is -1.50. The van der Waals surface area contributed by atoms with E-state index in [1.165, 1.54) is 6.33 Å². The Bertz CT molecular complexity index is 2640. The van der Waals surface area contributed by atoms with Crippen molar-refractivity contribution in [1.82, 2.24) is 24.2 Å². The number of anilines is 1. The number of carbonyl (C=O) groups excluding carboxylic acids is 1. The molecule has 1 amide bonds. The molecule has 7 rings (SSSR count). The topological polar surface area (TPSA) is 175 Å². The zero-order valence-corrected chi connectivity index (χ0v) is 43.8. The lowest BCUT2D eigenvalue weighted by Gasteiger charge is -2.42. The molecule has 6 aromatic rings. The monoisotopic (exact) mass is 987 g/mol. The summed E-state index contributed by atoms with van der Waals surface area (Å²) >= 11 is 0. The molecule has 1 aliphatic heterocycles. The molecular weight excluding hydrogens is 922 g/mol. The van der Waals surface area contributed by atoms with Gasteiger partial charge in [0.25, 0.3) is 14.4 Å². The summed E-state index contributed by atoms with van der Waals surface area (Å²) < 4.78 is 43.6. The number of benzene rings is 4. The van der Waals surface area contributed by atoms with E-state index in [1.807, 2.05) is 117 Å². The fourth-order valence-corrected chi connectivity index (χ4v) is 11.4. The van der Waals surface area contributed by atoms with Crippen molar-refractivity contribution < 1.29 is 37.6 Å². The van der Waals surface area contributed by atoms with Crippen molar-refractivity contribution in [2.75, 3.05) is 32.8 Å². The SMILES string of the molecule is COc1ccc(C(OC[C@H]2O[C@@H](n3cnc4c(NC(=O)c5ccccc5)ncnc43)[C@H](C(C#N)COP(O)N(C(C)C)C(C)C)[C@H]2O[Si](C)(C)C(C)(C)C)(c2ccccc2)c2ccc(OC)cc2)cc1. The minimum atomic E-state index is -2.69. The Hall–Kier alpha value is -5.60. The number of nitrogens with zero attached hydrogens (tertiary/aromatic N) is 6. The Morgan fingerprint density at radius 3 is 1.94 bits per heavy atom. The van der Waals surface area contributed by atoms with E-state index in [2.05, 4.69) is 50.2 Å². The number of rotatable bonds is 20. The molecule has 70 heavy (non-hydrogen) atoms. The van der Waals surface area contributed by atoms with E-state index < -0.39 is 52.7 Å². The number of hydrogen-bond donors (Lipinski definition) is 2. The van der Waals surface area contributed by atoms with E-state index in [0.717, 1.165) is 16.7 Å². The first-order chi connectivity index (χ1) is 33.4. The highest BCUT2D eigenvalue weighted by Gasteiger charge is 2.55. The molecule has 1 saturated heterocycles. The number of ether oxygens (including phenoxy) is 4. The second kappa shape index (κ2) is 22.2. The maximum Gasteiger partial charge on any atom is 0.256 e. The molecule has 1 aliphatic rings. The number of carbonyl (C=O) groups is 1. The van der Waals surface area contributed by atoms with E-state index >= 15 is 0 Å². The van der Waals surface area contributed by atoms with Crippen molar-refractivity contribution in [2.24, 2.45) is 11.8 Å². The second-order valence-corrected chi connectivity index (χ2v) is 25.5. The van der Waals surface area contributed by atoms with E-state index in [4.69, 9.17) is 37.9 Å². The molecule has 0 spiro atoms. The van der Waals surface area contributed by atoms with Gasteiger partial charge in [-0.3, -0.25) is 9.36 Å². The summed E-state index contributed by atoms with van der Waals surface area (Å²) in [6.07, 6.45) is 0.474. The van der Waals surface area contributed by atoms with Gasteiger partial charge in [0, 0.05) is 17.6 Å². The number of nitrogens with one attached hydrogen (secondary N) is 1. The fourth-order valence-electron chi connectivity index (χ4n) is 8.86. The van der Waals surface area contributed by atoms with Crippen LogP contribution in [0.4, 0.5) is 5.82 Å². The second-order valence-electron chi connectivity index (χ2n) is 19.5. The maximum absolute atomic E-state index is 13.4. The third-order valence-electron chi connectivity index (χ3n) is 13.4.